The van der Waals surface area contributed by atoms with Gasteiger partial charge in [-0.3, -0.25) is 0 Å². The first-order valence-corrected chi connectivity index (χ1v) is 11.7. The molecular weight excluding hydrogens is 379 g/mol. The van der Waals surface area contributed by atoms with Crippen molar-refractivity contribution in [2.45, 2.75) is 51.4 Å². The van der Waals surface area contributed by atoms with Gasteiger partial charge in [0.2, 0.25) is 0 Å². The van der Waals surface area contributed by atoms with Crippen molar-refractivity contribution in [1.82, 2.24) is 0 Å². The van der Waals surface area contributed by atoms with Crippen LogP contribution in [0.4, 0.5) is 4.79 Å². The van der Waals surface area contributed by atoms with Crippen LogP contribution in [0.1, 0.15) is 27.2 Å². The second kappa shape index (κ2) is 8.11. The Kier molecular flexibility index (Phi) is 8.44. The summed E-state index contributed by atoms with van der Waals surface area (Å²) in [5.41, 5.74) is 0. The molecule has 1 unspecified atom stereocenters. The van der Waals surface area contributed by atoms with E-state index in [1.54, 1.807) is 6.26 Å². The normalized spacial score (nSPS) is 14.4. The van der Waals surface area contributed by atoms with E-state index in [4.69, 9.17) is 9.16 Å². The van der Waals surface area contributed by atoms with Gasteiger partial charge in [-0.2, -0.15) is 0 Å². The summed E-state index contributed by atoms with van der Waals surface area (Å²) < 4.78 is 12.2. The third-order valence-corrected chi connectivity index (χ3v) is 9.26. The van der Waals surface area contributed by atoms with Crippen LogP contribution in [0, 0.1) is 0 Å². The van der Waals surface area contributed by atoms with Crippen LogP contribution < -0.4 is 0 Å². The second-order valence-electron chi connectivity index (χ2n) is 5.75. The summed E-state index contributed by atoms with van der Waals surface area (Å²) in [6, 6.07) is 0. The number of rotatable bonds is 6. The molecule has 0 radical (unpaired) electrons. The molecule has 0 aromatic rings. The molecule has 3 nitrogen and oxygen atoms in total. The van der Waals surface area contributed by atoms with Crippen LogP contribution in [-0.4, -0.2) is 37.0 Å². The van der Waals surface area contributed by atoms with Crippen molar-refractivity contribution >= 4 is 48.0 Å². The topological polar surface area (TPSA) is 35.5 Å². The van der Waals surface area contributed by atoms with Gasteiger partial charge in [-0.1, -0.05) is 43.4 Å². The summed E-state index contributed by atoms with van der Waals surface area (Å²) in [6.45, 7) is 11.8. The fourth-order valence-corrected chi connectivity index (χ4v) is 2.93. The maximum Gasteiger partial charge on any atom is 0.367 e. The van der Waals surface area contributed by atoms with Gasteiger partial charge in [-0.05, 0) is 36.1 Å². The molecule has 0 aromatic carbocycles. The maximum absolute atomic E-state index is 11.2. The highest BCUT2D eigenvalue weighted by Gasteiger charge is 2.37. The van der Waals surface area contributed by atoms with Crippen LogP contribution in [0.2, 0.25) is 18.1 Å². The zero-order valence-corrected chi connectivity index (χ0v) is 16.2. The second-order valence-corrected chi connectivity index (χ2v) is 12.2. The summed E-state index contributed by atoms with van der Waals surface area (Å²) in [4.78, 5) is 11.2. The van der Waals surface area contributed by atoms with E-state index in [-0.39, 0.29) is 16.4 Å². The van der Waals surface area contributed by atoms with E-state index in [0.717, 1.165) is 22.6 Å². The lowest BCUT2D eigenvalue weighted by Crippen LogP contribution is -2.41. The van der Waals surface area contributed by atoms with Gasteiger partial charge in [0.1, 0.15) is 6.10 Å². The molecule has 1 atom stereocenters. The number of hydrogen-bond acceptors (Lipinski definition) is 4. The smallest absolute Gasteiger partial charge is 0.367 e. The molecule has 0 aromatic heterocycles. The van der Waals surface area contributed by atoms with Gasteiger partial charge in [0.05, 0.1) is 0 Å². The number of ether oxygens (including phenoxy) is 1. The standard InChI is InChI=1S/C12H25IO3SSi/c1-12(2,3)18(5,6)15-8-7-10(9-13)16-11(14)17-4/h10H,7-9H2,1-6H3. The first-order chi connectivity index (χ1) is 8.14. The summed E-state index contributed by atoms with van der Waals surface area (Å²) in [6.07, 6.45) is 2.48. The first-order valence-electron chi connectivity index (χ1n) is 6.08. The Morgan fingerprint density at radius 3 is 2.33 bits per heavy atom. The zero-order chi connectivity index (χ0) is 14.4. The molecule has 0 aliphatic carbocycles. The van der Waals surface area contributed by atoms with Gasteiger partial charge in [0, 0.05) is 17.5 Å². The average molecular weight is 404 g/mol. The van der Waals surface area contributed by atoms with Crippen LogP contribution in [0.15, 0.2) is 0 Å². The molecular formula is C12H25IO3SSi. The lowest BCUT2D eigenvalue weighted by Gasteiger charge is -2.36. The number of hydrogen-bond donors (Lipinski definition) is 0. The van der Waals surface area contributed by atoms with Gasteiger partial charge in [0.25, 0.3) is 0 Å². The summed E-state index contributed by atoms with van der Waals surface area (Å²) in [7, 11) is -1.68. The van der Waals surface area contributed by atoms with E-state index >= 15 is 0 Å². The SMILES string of the molecule is CSC(=O)OC(CI)CCO[Si](C)(C)C(C)(C)C. The fourth-order valence-electron chi connectivity index (χ4n) is 1.01. The average Bonchev–Trinajstić information content (AvgIpc) is 2.25. The fraction of sp³-hybridized carbons (Fsp3) is 0.917. The molecule has 0 heterocycles. The van der Waals surface area contributed by atoms with Crippen molar-refractivity contribution in [3.8, 4) is 0 Å². The molecule has 108 valence electrons. The molecule has 0 saturated heterocycles. The van der Waals surface area contributed by atoms with Gasteiger partial charge in [-0.15, -0.1) is 0 Å². The molecule has 0 fully saturated rings. The monoisotopic (exact) mass is 404 g/mol. The van der Waals surface area contributed by atoms with E-state index < -0.39 is 8.32 Å². The van der Waals surface area contributed by atoms with Crippen LogP contribution in [0.5, 0.6) is 0 Å². The zero-order valence-electron chi connectivity index (χ0n) is 12.2. The van der Waals surface area contributed by atoms with E-state index in [9.17, 15) is 4.79 Å². The Morgan fingerprint density at radius 2 is 1.94 bits per heavy atom. The minimum atomic E-state index is -1.68. The Hall–Kier alpha value is 0.727. The third-order valence-electron chi connectivity index (χ3n) is 3.31. The van der Waals surface area contributed by atoms with Crippen LogP contribution in [0.3, 0.4) is 0 Å². The van der Waals surface area contributed by atoms with Crippen molar-refractivity contribution in [3.63, 3.8) is 0 Å². The van der Waals surface area contributed by atoms with Gasteiger partial charge in [0.15, 0.2) is 8.32 Å². The molecule has 0 bridgehead atoms. The lowest BCUT2D eigenvalue weighted by atomic mass is 10.2. The van der Waals surface area contributed by atoms with E-state index in [1.807, 2.05) is 0 Å². The molecule has 0 amide bonds. The van der Waals surface area contributed by atoms with E-state index in [1.165, 1.54) is 0 Å². The van der Waals surface area contributed by atoms with E-state index in [0.29, 0.717) is 6.61 Å². The van der Waals surface area contributed by atoms with Crippen molar-refractivity contribution in [1.29, 1.82) is 0 Å². The molecule has 0 aliphatic heterocycles. The molecule has 6 heteroatoms. The predicted octanol–water partition coefficient (Wildman–Crippen LogP) is 4.70. The Bertz CT molecular complexity index is 267. The summed E-state index contributed by atoms with van der Waals surface area (Å²) in [5, 5.41) is 0.0203. The molecule has 0 saturated carbocycles. The van der Waals surface area contributed by atoms with Crippen molar-refractivity contribution in [2.75, 3.05) is 17.3 Å². The van der Waals surface area contributed by atoms with Gasteiger partial charge >= 0.3 is 5.30 Å². The number of thioether (sulfide) groups is 1. The number of carbonyl (C=O) groups excluding carboxylic acids is 1. The Morgan fingerprint density at radius 1 is 1.39 bits per heavy atom. The lowest BCUT2D eigenvalue weighted by molar-refractivity contribution is 0.117. The van der Waals surface area contributed by atoms with E-state index in [2.05, 4.69) is 56.5 Å². The largest absolute Gasteiger partial charge is 0.453 e. The van der Waals surface area contributed by atoms with Crippen molar-refractivity contribution in [2.24, 2.45) is 0 Å². The minimum absolute atomic E-state index is 0.0321. The molecule has 0 N–H and O–H groups in total. The van der Waals surface area contributed by atoms with Crippen molar-refractivity contribution < 1.29 is 14.0 Å². The number of alkyl halides is 1. The van der Waals surface area contributed by atoms with Crippen molar-refractivity contribution in [3.05, 3.63) is 0 Å². The minimum Gasteiger partial charge on any atom is -0.453 e. The highest BCUT2D eigenvalue weighted by Crippen LogP contribution is 2.36. The molecule has 0 spiro atoms. The maximum atomic E-state index is 11.2. The van der Waals surface area contributed by atoms with Gasteiger partial charge in [-0.25, -0.2) is 4.79 Å². The predicted molar refractivity (Wildman–Crippen MR) is 90.4 cm³/mol. The first kappa shape index (κ1) is 18.7. The summed E-state index contributed by atoms with van der Waals surface area (Å²) >= 11 is 3.36. The molecule has 18 heavy (non-hydrogen) atoms. The summed E-state index contributed by atoms with van der Waals surface area (Å²) in [5.74, 6) is 0. The quantitative estimate of drug-likeness (QED) is 0.278. The number of halogens is 1. The molecule has 0 aliphatic rings. The van der Waals surface area contributed by atoms with Crippen LogP contribution in [-0.2, 0) is 9.16 Å². The van der Waals surface area contributed by atoms with Crippen LogP contribution >= 0.6 is 34.4 Å². The highest BCUT2D eigenvalue weighted by atomic mass is 127. The van der Waals surface area contributed by atoms with Crippen LogP contribution in [0.25, 0.3) is 0 Å². The Labute approximate surface area is 130 Å². The molecule has 0 rings (SSSR count). The third kappa shape index (κ3) is 6.77. The Balaban J connectivity index is 4.12. The van der Waals surface area contributed by atoms with Gasteiger partial charge < -0.3 is 9.16 Å². The highest BCUT2D eigenvalue weighted by molar-refractivity contribution is 14.1. The number of carbonyl (C=O) groups is 1.